The zero-order valence-corrected chi connectivity index (χ0v) is 35.1. The zero-order valence-electron chi connectivity index (χ0n) is 35.1. The Balaban J connectivity index is 1.23. The maximum absolute atomic E-state index is 6.74. The predicted molar refractivity (Wildman–Crippen MR) is 239 cm³/mol. The van der Waals surface area contributed by atoms with Crippen LogP contribution < -0.4 is 4.74 Å². The van der Waals surface area contributed by atoms with E-state index >= 15 is 0 Å². The summed E-state index contributed by atoms with van der Waals surface area (Å²) >= 11 is 0. The van der Waals surface area contributed by atoms with Gasteiger partial charge in [-0.05, 0) is 112 Å². The molecule has 57 heavy (non-hydrogen) atoms. The van der Waals surface area contributed by atoms with Gasteiger partial charge in [-0.25, -0.2) is 9.97 Å². The highest BCUT2D eigenvalue weighted by atomic mass is 16.5. The fourth-order valence-corrected chi connectivity index (χ4v) is 8.11. The van der Waals surface area contributed by atoms with E-state index in [-0.39, 0.29) is 5.41 Å². The third-order valence-corrected chi connectivity index (χ3v) is 11.3. The largest absolute Gasteiger partial charge is 0.457 e. The first-order valence-corrected chi connectivity index (χ1v) is 20.4. The molecule has 3 heterocycles. The second-order valence-electron chi connectivity index (χ2n) is 17.5. The summed E-state index contributed by atoms with van der Waals surface area (Å²) in [5, 5.41) is 2.34. The lowest BCUT2D eigenvalue weighted by Gasteiger charge is -2.24. The van der Waals surface area contributed by atoms with Crippen LogP contribution in [0.25, 0.3) is 55.8 Å². The summed E-state index contributed by atoms with van der Waals surface area (Å²) in [5.41, 5.74) is 13.3. The average Bonchev–Trinajstić information content (AvgIpc) is 3.80. The van der Waals surface area contributed by atoms with E-state index in [2.05, 4.69) is 188 Å². The Morgan fingerprint density at radius 3 is 1.96 bits per heavy atom. The quantitative estimate of drug-likeness (QED) is 0.148. The Hall–Kier alpha value is -5.94. The Kier molecular flexibility index (Phi) is 9.89. The molecular formula is C52H54N4O. The summed E-state index contributed by atoms with van der Waals surface area (Å²) in [7, 11) is 0. The molecule has 0 fully saturated rings. The van der Waals surface area contributed by atoms with Gasteiger partial charge in [0.2, 0.25) is 0 Å². The van der Waals surface area contributed by atoms with Gasteiger partial charge >= 0.3 is 0 Å². The van der Waals surface area contributed by atoms with Gasteiger partial charge in [0.05, 0.1) is 16.7 Å². The maximum atomic E-state index is 6.74. The van der Waals surface area contributed by atoms with Crippen LogP contribution in [0, 0.1) is 6.92 Å². The van der Waals surface area contributed by atoms with Gasteiger partial charge in [-0.1, -0.05) is 123 Å². The summed E-state index contributed by atoms with van der Waals surface area (Å²) in [5.74, 6) is 4.43. The average molecular weight is 751 g/mol. The molecule has 0 saturated carbocycles. The first-order chi connectivity index (χ1) is 27.3. The Morgan fingerprint density at radius 2 is 1.28 bits per heavy atom. The van der Waals surface area contributed by atoms with Crippen molar-refractivity contribution in [2.75, 3.05) is 0 Å². The highest BCUT2D eigenvalue weighted by Crippen LogP contribution is 2.40. The molecule has 3 aromatic heterocycles. The lowest BCUT2D eigenvalue weighted by molar-refractivity contribution is 0.483. The van der Waals surface area contributed by atoms with E-state index in [9.17, 15) is 0 Å². The normalized spacial score (nSPS) is 12.2. The molecule has 0 amide bonds. The SMILES string of the molecule is Cc1ccccc1-c1ccnc(-n2c3cc(Oc4cccc(-c5nccn5-c5c(C(C)C)cc(C(C)C)cc5C(C)C)c4)ccc3c3ccc(C(C)(C)C)cc32)c1. The molecule has 5 heteroatoms. The van der Waals surface area contributed by atoms with Gasteiger partial charge in [-0.15, -0.1) is 0 Å². The number of hydrogen-bond acceptors (Lipinski definition) is 3. The van der Waals surface area contributed by atoms with Crippen molar-refractivity contribution in [2.45, 2.75) is 92.4 Å². The summed E-state index contributed by atoms with van der Waals surface area (Å²) in [6.07, 6.45) is 5.93. The zero-order chi connectivity index (χ0) is 40.2. The van der Waals surface area contributed by atoms with E-state index in [1.165, 1.54) is 44.5 Å². The number of imidazole rings is 1. The third kappa shape index (κ3) is 7.16. The van der Waals surface area contributed by atoms with E-state index in [0.717, 1.165) is 50.7 Å². The van der Waals surface area contributed by atoms with Gasteiger partial charge in [0.15, 0.2) is 0 Å². The standard InChI is InChI=1S/C52H54N4O/c1-32(2)38-27-45(33(3)4)50(46(28-38)34(5)6)55-25-24-54-51(55)37-15-13-16-40(26-37)57-41-19-21-44-43-20-18-39(52(8,9)10)30-47(43)56(48(44)31-41)49-29-36(22-23-53-49)42-17-12-11-14-35(42)7/h11-34H,1-10H3. The van der Waals surface area contributed by atoms with Crippen LogP contribution in [-0.4, -0.2) is 19.1 Å². The molecule has 0 N–H and O–H groups in total. The van der Waals surface area contributed by atoms with E-state index in [1.807, 2.05) is 18.5 Å². The molecule has 0 atom stereocenters. The Labute approximate surface area is 338 Å². The topological polar surface area (TPSA) is 44.9 Å². The summed E-state index contributed by atoms with van der Waals surface area (Å²) < 4.78 is 11.3. The molecule has 0 radical (unpaired) electrons. The second kappa shape index (κ2) is 14.9. The van der Waals surface area contributed by atoms with Crippen LogP contribution in [0.3, 0.4) is 0 Å². The van der Waals surface area contributed by atoms with Crippen LogP contribution >= 0.6 is 0 Å². The van der Waals surface area contributed by atoms with Crippen LogP contribution in [0.15, 0.2) is 128 Å². The fourth-order valence-electron chi connectivity index (χ4n) is 8.11. The molecule has 0 unspecified atom stereocenters. The Morgan fingerprint density at radius 1 is 0.596 bits per heavy atom. The van der Waals surface area contributed by atoms with E-state index < -0.39 is 0 Å². The van der Waals surface area contributed by atoms with Crippen molar-refractivity contribution in [2.24, 2.45) is 0 Å². The maximum Gasteiger partial charge on any atom is 0.144 e. The van der Waals surface area contributed by atoms with Crippen molar-refractivity contribution < 1.29 is 4.74 Å². The number of benzene rings is 5. The van der Waals surface area contributed by atoms with Crippen molar-refractivity contribution in [1.29, 1.82) is 0 Å². The van der Waals surface area contributed by atoms with Gasteiger partial charge in [0.25, 0.3) is 0 Å². The summed E-state index contributed by atoms with van der Waals surface area (Å²) in [4.78, 5) is 9.91. The van der Waals surface area contributed by atoms with Gasteiger partial charge < -0.3 is 4.74 Å². The molecule has 0 aliphatic carbocycles. The highest BCUT2D eigenvalue weighted by molar-refractivity contribution is 6.09. The van der Waals surface area contributed by atoms with Gasteiger partial charge in [0.1, 0.15) is 23.1 Å². The second-order valence-corrected chi connectivity index (χ2v) is 17.5. The minimum Gasteiger partial charge on any atom is -0.457 e. The van der Waals surface area contributed by atoms with Crippen molar-refractivity contribution in [3.63, 3.8) is 0 Å². The lowest BCUT2D eigenvalue weighted by atomic mass is 9.86. The third-order valence-electron chi connectivity index (χ3n) is 11.3. The van der Waals surface area contributed by atoms with E-state index in [1.54, 1.807) is 0 Å². The molecule has 5 aromatic carbocycles. The molecule has 288 valence electrons. The number of ether oxygens (including phenoxy) is 1. The first kappa shape index (κ1) is 38.0. The number of aromatic nitrogens is 4. The van der Waals surface area contributed by atoms with E-state index in [0.29, 0.717) is 17.8 Å². The molecule has 0 saturated heterocycles. The number of hydrogen-bond donors (Lipinski definition) is 0. The number of aryl methyl sites for hydroxylation is 1. The number of nitrogens with zero attached hydrogens (tertiary/aromatic N) is 4. The van der Waals surface area contributed by atoms with Crippen LogP contribution in [-0.2, 0) is 5.41 Å². The summed E-state index contributed by atoms with van der Waals surface area (Å²) in [6.45, 7) is 22.6. The van der Waals surface area contributed by atoms with Gasteiger partial charge in [-0.2, -0.15) is 0 Å². The molecule has 8 rings (SSSR count). The fraction of sp³-hybridized carbons (Fsp3) is 0.269. The molecule has 0 bridgehead atoms. The molecule has 0 aliphatic rings. The van der Waals surface area contributed by atoms with Gasteiger partial charge in [0, 0.05) is 41.0 Å². The first-order valence-electron chi connectivity index (χ1n) is 20.4. The molecule has 0 aliphatic heterocycles. The number of pyridine rings is 1. The molecule has 5 nitrogen and oxygen atoms in total. The van der Waals surface area contributed by atoms with Crippen LogP contribution in [0.5, 0.6) is 11.5 Å². The Bertz CT molecular complexity index is 2730. The highest BCUT2D eigenvalue weighted by Gasteiger charge is 2.23. The smallest absolute Gasteiger partial charge is 0.144 e. The lowest BCUT2D eigenvalue weighted by Crippen LogP contribution is -2.11. The predicted octanol–water partition coefficient (Wildman–Crippen LogP) is 14.5. The minimum absolute atomic E-state index is 0.00977. The van der Waals surface area contributed by atoms with Crippen LogP contribution in [0.2, 0.25) is 0 Å². The van der Waals surface area contributed by atoms with E-state index in [4.69, 9.17) is 14.7 Å². The van der Waals surface area contributed by atoms with Crippen molar-refractivity contribution in [3.05, 3.63) is 156 Å². The molecular weight excluding hydrogens is 697 g/mol. The van der Waals surface area contributed by atoms with Gasteiger partial charge in [-0.3, -0.25) is 9.13 Å². The number of fused-ring (bicyclic) bond motifs is 3. The summed E-state index contributed by atoms with van der Waals surface area (Å²) in [6, 6.07) is 39.2. The van der Waals surface area contributed by atoms with Crippen molar-refractivity contribution >= 4 is 21.8 Å². The van der Waals surface area contributed by atoms with Crippen molar-refractivity contribution in [3.8, 4) is 45.5 Å². The minimum atomic E-state index is -0.00977. The monoisotopic (exact) mass is 750 g/mol. The van der Waals surface area contributed by atoms with Crippen LogP contribution in [0.1, 0.15) is 108 Å². The molecule has 8 aromatic rings. The number of rotatable bonds is 9. The van der Waals surface area contributed by atoms with Crippen molar-refractivity contribution in [1.82, 2.24) is 19.1 Å². The molecule has 0 spiro atoms. The van der Waals surface area contributed by atoms with Crippen LogP contribution in [0.4, 0.5) is 0 Å².